The van der Waals surface area contributed by atoms with Crippen molar-refractivity contribution >= 4 is 7.85 Å². The Morgan fingerprint density at radius 3 is 2.12 bits per heavy atom. The van der Waals surface area contributed by atoms with Crippen LogP contribution in [-0.4, -0.2) is 21.2 Å². The first kappa shape index (κ1) is 7.92. The normalized spacial score (nSPS) is 13.8. The van der Waals surface area contributed by atoms with Gasteiger partial charge in [0.15, 0.2) is 0 Å². The van der Waals surface area contributed by atoms with Crippen molar-refractivity contribution in [2.45, 2.75) is 12.7 Å². The molecule has 1 unspecified atom stereocenters. The van der Waals surface area contributed by atoms with Crippen LogP contribution in [0.25, 0.3) is 0 Å². The highest BCUT2D eigenvalue weighted by Gasteiger charge is 2.02. The molecule has 0 spiro atoms. The van der Waals surface area contributed by atoms with E-state index in [0.717, 1.165) is 6.32 Å². The Hall–Kier alpha value is -0.0751. The molecule has 3 heteroatoms. The summed E-state index contributed by atoms with van der Waals surface area (Å²) in [5.74, 6) is -0.0417. The van der Waals surface area contributed by atoms with Gasteiger partial charge in [-0.1, -0.05) is 6.32 Å². The molecule has 0 aliphatic carbocycles. The van der Waals surface area contributed by atoms with Crippen LogP contribution in [-0.2, 0) is 0 Å². The lowest BCUT2D eigenvalue weighted by Gasteiger charge is -2.04. The summed E-state index contributed by atoms with van der Waals surface area (Å²) < 4.78 is 23.1. The second kappa shape index (κ2) is 5.07. The molecule has 0 saturated carbocycles. The number of hydrogen-bond donors (Lipinski definition) is 0. The molecule has 0 fully saturated rings. The summed E-state index contributed by atoms with van der Waals surface area (Å²) in [5.41, 5.74) is 0. The third kappa shape index (κ3) is 3.00. The number of hydrogen-bond acceptors (Lipinski definition) is 0. The zero-order valence-corrected chi connectivity index (χ0v) is 5.16. The summed E-state index contributed by atoms with van der Waals surface area (Å²) in [4.78, 5) is 0. The summed E-state index contributed by atoms with van der Waals surface area (Å²) in [5, 5.41) is 0. The Bertz CT molecular complexity index is 45.7. The molecule has 48 valence electrons. The van der Waals surface area contributed by atoms with Crippen molar-refractivity contribution in [2.24, 2.45) is 5.92 Å². The summed E-state index contributed by atoms with van der Waals surface area (Å²) in [6, 6.07) is 0. The Morgan fingerprint density at radius 2 is 2.00 bits per heavy atom. The third-order valence-electron chi connectivity index (χ3n) is 1.31. The first-order valence-corrected chi connectivity index (χ1v) is 2.97. The molecule has 0 rings (SSSR count). The summed E-state index contributed by atoms with van der Waals surface area (Å²) in [6.07, 6.45) is 1.13. The molecule has 0 aliphatic heterocycles. The number of alkyl halides is 2. The van der Waals surface area contributed by atoms with Crippen molar-refractivity contribution in [1.82, 2.24) is 0 Å². The van der Waals surface area contributed by atoms with Crippen molar-refractivity contribution < 1.29 is 8.78 Å². The van der Waals surface area contributed by atoms with E-state index in [0.29, 0.717) is 6.42 Å². The highest BCUT2D eigenvalue weighted by Crippen LogP contribution is 2.07. The van der Waals surface area contributed by atoms with Crippen molar-refractivity contribution in [2.75, 3.05) is 13.3 Å². The van der Waals surface area contributed by atoms with Gasteiger partial charge in [0, 0.05) is 0 Å². The van der Waals surface area contributed by atoms with Crippen LogP contribution in [0.2, 0.25) is 6.32 Å². The Balaban J connectivity index is 3.07. The molecule has 8 heavy (non-hydrogen) atoms. The monoisotopic (exact) mass is 120 g/mol. The fraction of sp³-hybridized carbons (Fsp3) is 1.00. The third-order valence-corrected chi connectivity index (χ3v) is 1.31. The lowest BCUT2D eigenvalue weighted by molar-refractivity contribution is 0.329. The quantitative estimate of drug-likeness (QED) is 0.485. The summed E-state index contributed by atoms with van der Waals surface area (Å²) >= 11 is 0. The maximum Gasteiger partial charge on any atom is 0.101 e. The smallest absolute Gasteiger partial charge is 0.101 e. The van der Waals surface area contributed by atoms with Gasteiger partial charge in [0.25, 0.3) is 0 Å². The van der Waals surface area contributed by atoms with Gasteiger partial charge in [-0.2, -0.15) is 0 Å². The standard InChI is InChI=1S/C5H11BF2/c6-3-5(4-8)1-2-7/h5H,1-4,6H2. The van der Waals surface area contributed by atoms with Crippen LogP contribution < -0.4 is 0 Å². The van der Waals surface area contributed by atoms with Crippen LogP contribution in [0.4, 0.5) is 8.78 Å². The molecule has 1 atom stereocenters. The lowest BCUT2D eigenvalue weighted by atomic mass is 9.90. The minimum absolute atomic E-state index is 0.0417. The van der Waals surface area contributed by atoms with E-state index >= 15 is 0 Å². The van der Waals surface area contributed by atoms with Crippen LogP contribution in [0.15, 0.2) is 0 Å². The minimum Gasteiger partial charge on any atom is -0.251 e. The minimum atomic E-state index is -0.386. The van der Waals surface area contributed by atoms with E-state index < -0.39 is 0 Å². The van der Waals surface area contributed by atoms with Gasteiger partial charge in [-0.3, -0.25) is 8.78 Å². The van der Waals surface area contributed by atoms with E-state index in [-0.39, 0.29) is 19.3 Å². The zero-order valence-electron chi connectivity index (χ0n) is 5.16. The van der Waals surface area contributed by atoms with Crippen LogP contribution in [0.3, 0.4) is 0 Å². The molecular formula is C5H11BF2. The average Bonchev–Trinajstić information content (AvgIpc) is 1.83. The average molecular weight is 120 g/mol. The van der Waals surface area contributed by atoms with Crippen LogP contribution in [0.1, 0.15) is 6.42 Å². The van der Waals surface area contributed by atoms with Gasteiger partial charge < -0.3 is 0 Å². The van der Waals surface area contributed by atoms with E-state index in [1.54, 1.807) is 0 Å². The SMILES string of the molecule is BCC(CF)CCF. The molecule has 0 saturated heterocycles. The van der Waals surface area contributed by atoms with Gasteiger partial charge >= 0.3 is 0 Å². The van der Waals surface area contributed by atoms with Crippen LogP contribution in [0.5, 0.6) is 0 Å². The van der Waals surface area contributed by atoms with E-state index in [4.69, 9.17) is 0 Å². The second-order valence-corrected chi connectivity index (χ2v) is 1.91. The van der Waals surface area contributed by atoms with Crippen LogP contribution >= 0.6 is 0 Å². The maximum absolute atomic E-state index is 11.7. The Morgan fingerprint density at radius 1 is 1.38 bits per heavy atom. The Kier molecular flexibility index (Phi) is 5.02. The predicted octanol–water partition coefficient (Wildman–Crippen LogP) is 0.983. The van der Waals surface area contributed by atoms with E-state index in [2.05, 4.69) is 0 Å². The molecule has 0 aromatic carbocycles. The largest absolute Gasteiger partial charge is 0.251 e. The van der Waals surface area contributed by atoms with Gasteiger partial charge in [0.1, 0.15) is 7.85 Å². The fourth-order valence-corrected chi connectivity index (χ4v) is 0.545. The van der Waals surface area contributed by atoms with Gasteiger partial charge in [0.05, 0.1) is 13.3 Å². The molecular weight excluding hydrogens is 109 g/mol. The highest BCUT2D eigenvalue weighted by molar-refractivity contribution is 6.08. The first-order chi connectivity index (χ1) is 3.85. The van der Waals surface area contributed by atoms with Gasteiger partial charge in [-0.25, -0.2) is 0 Å². The molecule has 0 aliphatic rings. The van der Waals surface area contributed by atoms with Gasteiger partial charge in [-0.15, -0.1) is 0 Å². The molecule has 0 amide bonds. The highest BCUT2D eigenvalue weighted by atomic mass is 19.1. The second-order valence-electron chi connectivity index (χ2n) is 1.91. The van der Waals surface area contributed by atoms with Crippen molar-refractivity contribution in [3.63, 3.8) is 0 Å². The molecule has 0 heterocycles. The number of halogens is 2. The van der Waals surface area contributed by atoms with Gasteiger partial charge in [0.2, 0.25) is 0 Å². The summed E-state index contributed by atoms with van der Waals surface area (Å²) in [7, 11) is 1.87. The van der Waals surface area contributed by atoms with E-state index in [9.17, 15) is 8.78 Å². The van der Waals surface area contributed by atoms with E-state index in [1.807, 2.05) is 7.85 Å². The molecule has 0 aromatic heterocycles. The fourth-order valence-electron chi connectivity index (χ4n) is 0.545. The van der Waals surface area contributed by atoms with Crippen molar-refractivity contribution in [3.8, 4) is 0 Å². The van der Waals surface area contributed by atoms with Crippen LogP contribution in [0, 0.1) is 5.92 Å². The van der Waals surface area contributed by atoms with E-state index in [1.165, 1.54) is 0 Å². The molecule has 0 radical (unpaired) electrons. The molecule has 0 N–H and O–H groups in total. The van der Waals surface area contributed by atoms with Crippen molar-refractivity contribution in [3.05, 3.63) is 0 Å². The molecule has 0 nitrogen and oxygen atoms in total. The predicted molar refractivity (Wildman–Crippen MR) is 33.4 cm³/mol. The number of rotatable bonds is 4. The lowest BCUT2D eigenvalue weighted by Crippen LogP contribution is -2.02. The van der Waals surface area contributed by atoms with Crippen molar-refractivity contribution in [1.29, 1.82) is 0 Å². The zero-order chi connectivity index (χ0) is 6.41. The Labute approximate surface area is 49.7 Å². The molecule has 0 bridgehead atoms. The summed E-state index contributed by atoms with van der Waals surface area (Å²) in [6.45, 7) is -0.761. The molecule has 0 aromatic rings. The maximum atomic E-state index is 11.7. The topological polar surface area (TPSA) is 0 Å². The first-order valence-electron chi connectivity index (χ1n) is 2.97. The van der Waals surface area contributed by atoms with Gasteiger partial charge in [-0.05, 0) is 12.3 Å².